The molecule has 0 fully saturated rings. The highest BCUT2D eigenvalue weighted by Gasteiger charge is 2.17. The van der Waals surface area contributed by atoms with E-state index >= 15 is 0 Å². The molecule has 1 aromatic heterocycles. The fourth-order valence-electron chi connectivity index (χ4n) is 1.57. The molecule has 0 unspecified atom stereocenters. The van der Waals surface area contributed by atoms with Crippen LogP contribution >= 0.6 is 27.5 Å². The molecule has 1 N–H and O–H groups in total. The first-order chi connectivity index (χ1) is 9.28. The van der Waals surface area contributed by atoms with Crippen LogP contribution in [0.2, 0.25) is 5.02 Å². The van der Waals surface area contributed by atoms with Crippen LogP contribution in [0.5, 0.6) is 0 Å². The number of benzene rings is 1. The summed E-state index contributed by atoms with van der Waals surface area (Å²) in [4.78, 5) is 0. The van der Waals surface area contributed by atoms with Gasteiger partial charge in [0.25, 0.3) is 0 Å². The Morgan fingerprint density at radius 3 is 2.70 bits per heavy atom. The zero-order valence-corrected chi connectivity index (χ0v) is 13.6. The van der Waals surface area contributed by atoms with E-state index in [1.54, 1.807) is 0 Å². The molecule has 0 saturated carbocycles. The number of nitrogens with one attached hydrogen (secondary N) is 1. The van der Waals surface area contributed by atoms with Crippen molar-refractivity contribution >= 4 is 27.5 Å². The van der Waals surface area contributed by atoms with Gasteiger partial charge in [0.1, 0.15) is 11.5 Å². The van der Waals surface area contributed by atoms with Crippen molar-refractivity contribution in [3.63, 3.8) is 0 Å². The zero-order valence-electron chi connectivity index (χ0n) is 11.3. The molecule has 108 valence electrons. The molecule has 0 spiro atoms. The third-order valence-electron chi connectivity index (χ3n) is 2.50. The van der Waals surface area contributed by atoms with Gasteiger partial charge in [0.05, 0.1) is 11.6 Å². The van der Waals surface area contributed by atoms with Crippen LogP contribution < -0.4 is 5.32 Å². The van der Waals surface area contributed by atoms with Gasteiger partial charge in [-0.05, 0) is 59.3 Å². The molecule has 2 rings (SSSR count). The molecule has 0 aliphatic heterocycles. The van der Waals surface area contributed by atoms with Gasteiger partial charge >= 0.3 is 0 Å². The number of nitrogens with zero attached hydrogens (tertiary/aromatic N) is 4. The Morgan fingerprint density at radius 2 is 2.10 bits per heavy atom. The average molecular weight is 363 g/mol. The normalized spacial score (nSPS) is 11.9. The first kappa shape index (κ1) is 15.3. The standard InChI is InChI=1S/C12H14BrClFN5/c1-12(2,3)16-6-10-17-18-19-20(10)11-8(13)4-7(15)5-9(11)14/h4-5,16H,6H2,1-3H3. The van der Waals surface area contributed by atoms with Crippen molar-refractivity contribution in [2.24, 2.45) is 0 Å². The monoisotopic (exact) mass is 361 g/mol. The lowest BCUT2D eigenvalue weighted by Crippen LogP contribution is -2.36. The third-order valence-corrected chi connectivity index (χ3v) is 3.40. The van der Waals surface area contributed by atoms with E-state index in [-0.39, 0.29) is 10.6 Å². The molecule has 8 heteroatoms. The number of hydrogen-bond donors (Lipinski definition) is 1. The van der Waals surface area contributed by atoms with Crippen molar-refractivity contribution in [2.75, 3.05) is 0 Å². The topological polar surface area (TPSA) is 55.6 Å². The molecule has 0 aliphatic rings. The highest BCUT2D eigenvalue weighted by atomic mass is 79.9. The van der Waals surface area contributed by atoms with E-state index in [1.807, 2.05) is 20.8 Å². The van der Waals surface area contributed by atoms with Gasteiger partial charge in [0.2, 0.25) is 0 Å². The fraction of sp³-hybridized carbons (Fsp3) is 0.417. The minimum Gasteiger partial charge on any atom is -0.305 e. The maximum absolute atomic E-state index is 13.3. The smallest absolute Gasteiger partial charge is 0.170 e. The summed E-state index contributed by atoms with van der Waals surface area (Å²) in [6.07, 6.45) is 0. The number of aromatic nitrogens is 4. The van der Waals surface area contributed by atoms with E-state index in [9.17, 15) is 4.39 Å². The van der Waals surface area contributed by atoms with Crippen LogP contribution in [0.15, 0.2) is 16.6 Å². The van der Waals surface area contributed by atoms with Crippen molar-refractivity contribution in [1.29, 1.82) is 0 Å². The lowest BCUT2D eigenvalue weighted by Gasteiger charge is -2.20. The van der Waals surface area contributed by atoms with Crippen molar-refractivity contribution in [1.82, 2.24) is 25.5 Å². The Bertz CT molecular complexity index is 600. The lowest BCUT2D eigenvalue weighted by molar-refractivity contribution is 0.415. The molecule has 1 heterocycles. The number of rotatable bonds is 3. The first-order valence-electron chi connectivity index (χ1n) is 5.95. The highest BCUT2D eigenvalue weighted by molar-refractivity contribution is 9.10. The molecule has 0 aliphatic carbocycles. The van der Waals surface area contributed by atoms with Crippen LogP contribution in [0.4, 0.5) is 4.39 Å². The molecule has 2 aromatic rings. The van der Waals surface area contributed by atoms with Crippen LogP contribution in [-0.4, -0.2) is 25.7 Å². The maximum Gasteiger partial charge on any atom is 0.170 e. The first-order valence-corrected chi connectivity index (χ1v) is 7.12. The van der Waals surface area contributed by atoms with Gasteiger partial charge in [-0.25, -0.2) is 4.39 Å². The second-order valence-corrected chi connectivity index (χ2v) is 6.59. The largest absolute Gasteiger partial charge is 0.305 e. The Kier molecular flexibility index (Phi) is 4.41. The van der Waals surface area contributed by atoms with E-state index in [4.69, 9.17) is 11.6 Å². The zero-order chi connectivity index (χ0) is 14.9. The van der Waals surface area contributed by atoms with E-state index in [0.29, 0.717) is 22.5 Å². The fourth-order valence-corrected chi connectivity index (χ4v) is 2.57. The van der Waals surface area contributed by atoms with Crippen LogP contribution in [0, 0.1) is 5.82 Å². The number of halogens is 3. The molecule has 0 atom stereocenters. The summed E-state index contributed by atoms with van der Waals surface area (Å²) in [7, 11) is 0. The van der Waals surface area contributed by atoms with Gasteiger partial charge in [-0.15, -0.1) is 5.10 Å². The Morgan fingerprint density at radius 1 is 1.40 bits per heavy atom. The number of hydrogen-bond acceptors (Lipinski definition) is 4. The van der Waals surface area contributed by atoms with Crippen molar-refractivity contribution < 1.29 is 4.39 Å². The summed E-state index contributed by atoms with van der Waals surface area (Å²) in [5.74, 6) is 0.169. The Hall–Kier alpha value is -1.05. The quantitative estimate of drug-likeness (QED) is 0.911. The van der Waals surface area contributed by atoms with Crippen molar-refractivity contribution in [3.8, 4) is 5.69 Å². The minimum atomic E-state index is -0.423. The van der Waals surface area contributed by atoms with E-state index < -0.39 is 5.82 Å². The SMILES string of the molecule is CC(C)(C)NCc1nnnn1-c1c(Cl)cc(F)cc1Br. The molecular weight excluding hydrogens is 349 g/mol. The molecule has 0 radical (unpaired) electrons. The predicted octanol–water partition coefficient (Wildman–Crippen LogP) is 3.11. The van der Waals surface area contributed by atoms with Gasteiger partial charge in [-0.2, -0.15) is 4.68 Å². The van der Waals surface area contributed by atoms with E-state index in [2.05, 4.69) is 36.8 Å². The predicted molar refractivity (Wildman–Crippen MR) is 78.4 cm³/mol. The molecular formula is C12H14BrClFN5. The van der Waals surface area contributed by atoms with Crippen LogP contribution in [0.1, 0.15) is 26.6 Å². The van der Waals surface area contributed by atoms with Gasteiger partial charge in [0.15, 0.2) is 5.82 Å². The van der Waals surface area contributed by atoms with Crippen LogP contribution in [-0.2, 0) is 6.54 Å². The van der Waals surface area contributed by atoms with Crippen molar-refractivity contribution in [3.05, 3.63) is 33.3 Å². The van der Waals surface area contributed by atoms with Crippen LogP contribution in [0.3, 0.4) is 0 Å². The van der Waals surface area contributed by atoms with E-state index in [0.717, 1.165) is 0 Å². The summed E-state index contributed by atoms with van der Waals surface area (Å²) < 4.78 is 15.3. The highest BCUT2D eigenvalue weighted by Crippen LogP contribution is 2.30. The molecule has 1 aromatic carbocycles. The molecule has 0 bridgehead atoms. The summed E-state index contributed by atoms with van der Waals surface area (Å²) in [5, 5.41) is 15.1. The summed E-state index contributed by atoms with van der Waals surface area (Å²) in [6.45, 7) is 6.60. The third kappa shape index (κ3) is 3.53. The van der Waals surface area contributed by atoms with Gasteiger partial charge in [-0.3, -0.25) is 0 Å². The van der Waals surface area contributed by atoms with Gasteiger partial charge < -0.3 is 5.32 Å². The lowest BCUT2D eigenvalue weighted by atomic mass is 10.1. The minimum absolute atomic E-state index is 0.0688. The summed E-state index contributed by atoms with van der Waals surface area (Å²) in [6, 6.07) is 2.55. The molecule has 5 nitrogen and oxygen atoms in total. The number of tetrazole rings is 1. The second kappa shape index (κ2) is 5.75. The van der Waals surface area contributed by atoms with Crippen LogP contribution in [0.25, 0.3) is 5.69 Å². The van der Waals surface area contributed by atoms with Crippen molar-refractivity contribution in [2.45, 2.75) is 32.9 Å². The average Bonchev–Trinajstić information content (AvgIpc) is 2.72. The maximum atomic E-state index is 13.3. The summed E-state index contributed by atoms with van der Waals surface area (Å²) in [5.41, 5.74) is 0.449. The Balaban J connectivity index is 2.38. The molecule has 0 amide bonds. The molecule has 20 heavy (non-hydrogen) atoms. The van der Waals surface area contributed by atoms with E-state index in [1.165, 1.54) is 16.8 Å². The second-order valence-electron chi connectivity index (χ2n) is 5.33. The summed E-state index contributed by atoms with van der Waals surface area (Å²) >= 11 is 9.36. The van der Waals surface area contributed by atoms with Gasteiger partial charge in [-0.1, -0.05) is 11.6 Å². The molecule has 0 saturated heterocycles. The van der Waals surface area contributed by atoms with Gasteiger partial charge in [0, 0.05) is 10.0 Å². The Labute approximate surface area is 129 Å².